The van der Waals surface area contributed by atoms with Crippen LogP contribution in [0.2, 0.25) is 0 Å². The number of hydrogen-bond donors (Lipinski definition) is 0. The van der Waals surface area contributed by atoms with E-state index in [1.807, 2.05) is 6.07 Å². The summed E-state index contributed by atoms with van der Waals surface area (Å²) in [7, 11) is 2.14. The highest BCUT2D eigenvalue weighted by Crippen LogP contribution is 2.41. The molecule has 0 unspecified atom stereocenters. The van der Waals surface area contributed by atoms with E-state index in [-0.39, 0.29) is 0 Å². The van der Waals surface area contributed by atoms with E-state index in [1.165, 1.54) is 66.6 Å². The molecule has 2 aromatic heterocycles. The van der Waals surface area contributed by atoms with Gasteiger partial charge >= 0.3 is 0 Å². The highest BCUT2D eigenvalue weighted by molar-refractivity contribution is 6.15. The maximum absolute atomic E-state index is 2.38. The van der Waals surface area contributed by atoms with Crippen molar-refractivity contribution in [2.45, 2.75) is 27.2 Å². The van der Waals surface area contributed by atoms with Gasteiger partial charge in [-0.1, -0.05) is 110 Å². The Hall–Kier alpha value is -4.82. The molecular formula is C39H36N2. The molecule has 2 nitrogen and oxygen atoms in total. The highest BCUT2D eigenvalue weighted by Gasteiger charge is 2.19. The van der Waals surface area contributed by atoms with Gasteiger partial charge in [-0.25, -0.2) is 0 Å². The molecule has 202 valence electrons. The molecule has 2 heterocycles. The van der Waals surface area contributed by atoms with E-state index >= 15 is 0 Å². The Morgan fingerprint density at radius 1 is 0.537 bits per heavy atom. The second-order valence-electron chi connectivity index (χ2n) is 10.7. The number of hydrogen-bond acceptors (Lipinski definition) is 0. The van der Waals surface area contributed by atoms with Crippen molar-refractivity contribution in [3.05, 3.63) is 150 Å². The standard InChI is InChI=1S/C31H26N2.C8H10/c1-21-11-7-8-14-24(21)25-15-9-16-26(22(25)2)27-17-10-18-28-30(27)31-29(19-20-32(31)3)33(28)23-12-5-4-6-13-23;1-2-8-6-4-3-5-7-8/h4-20H,1-3H3;3-7H,2H2,1H3. The molecule has 0 spiro atoms. The molecular weight excluding hydrogens is 496 g/mol. The molecule has 7 aromatic rings. The number of benzene rings is 5. The van der Waals surface area contributed by atoms with E-state index in [1.54, 1.807) is 0 Å². The van der Waals surface area contributed by atoms with E-state index in [0.717, 1.165) is 6.42 Å². The molecule has 0 bridgehead atoms. The Balaban J connectivity index is 0.000000328. The molecule has 0 fully saturated rings. The number of nitrogens with zero attached hydrogens (tertiary/aromatic N) is 2. The van der Waals surface area contributed by atoms with Crippen molar-refractivity contribution in [3.8, 4) is 27.9 Å². The third-order valence-electron chi connectivity index (χ3n) is 8.14. The van der Waals surface area contributed by atoms with Gasteiger partial charge in [-0.2, -0.15) is 0 Å². The van der Waals surface area contributed by atoms with Gasteiger partial charge in [-0.15, -0.1) is 0 Å². The molecule has 0 aliphatic carbocycles. The molecule has 0 atom stereocenters. The monoisotopic (exact) mass is 532 g/mol. The molecule has 41 heavy (non-hydrogen) atoms. The third kappa shape index (κ3) is 4.87. The predicted molar refractivity (Wildman–Crippen MR) is 176 cm³/mol. The number of fused-ring (bicyclic) bond motifs is 3. The van der Waals surface area contributed by atoms with Crippen LogP contribution in [0.25, 0.3) is 49.9 Å². The van der Waals surface area contributed by atoms with Crippen LogP contribution >= 0.6 is 0 Å². The number of rotatable bonds is 4. The lowest BCUT2D eigenvalue weighted by atomic mass is 9.90. The Morgan fingerprint density at radius 2 is 1.12 bits per heavy atom. The summed E-state index contributed by atoms with van der Waals surface area (Å²) in [5.41, 5.74) is 14.1. The lowest BCUT2D eigenvalue weighted by Crippen LogP contribution is -1.94. The van der Waals surface area contributed by atoms with E-state index in [0.29, 0.717) is 0 Å². The lowest BCUT2D eigenvalue weighted by Gasteiger charge is -2.15. The Labute approximate surface area is 243 Å². The molecule has 0 N–H and O–H groups in total. The maximum Gasteiger partial charge on any atom is 0.0750 e. The first-order valence-electron chi connectivity index (χ1n) is 14.4. The number of aryl methyl sites for hydroxylation is 3. The fraction of sp³-hybridized carbons (Fsp3) is 0.128. The largest absolute Gasteiger partial charge is 0.349 e. The van der Waals surface area contributed by atoms with Crippen LogP contribution in [-0.2, 0) is 13.5 Å². The van der Waals surface area contributed by atoms with Crippen LogP contribution in [0.5, 0.6) is 0 Å². The number of para-hydroxylation sites is 1. The summed E-state index contributed by atoms with van der Waals surface area (Å²) in [5.74, 6) is 0. The Kier molecular flexibility index (Phi) is 7.31. The average molecular weight is 533 g/mol. The van der Waals surface area contributed by atoms with Crippen molar-refractivity contribution in [3.63, 3.8) is 0 Å². The van der Waals surface area contributed by atoms with Crippen LogP contribution in [0.4, 0.5) is 0 Å². The van der Waals surface area contributed by atoms with Gasteiger partial charge < -0.3 is 9.13 Å². The molecule has 5 aromatic carbocycles. The first kappa shape index (κ1) is 26.4. The SMILES string of the molecule is CCc1ccccc1.Cc1ccccc1-c1cccc(-c2cccc3c2c2c(ccn2C)n3-c2ccccc2)c1C. The first-order chi connectivity index (χ1) is 20.1. The van der Waals surface area contributed by atoms with Crippen LogP contribution in [0.15, 0.2) is 134 Å². The van der Waals surface area contributed by atoms with Crippen molar-refractivity contribution < 1.29 is 0 Å². The topological polar surface area (TPSA) is 9.86 Å². The molecule has 2 heteroatoms. The van der Waals surface area contributed by atoms with Gasteiger partial charge in [0.1, 0.15) is 0 Å². The maximum atomic E-state index is 2.38. The van der Waals surface area contributed by atoms with E-state index < -0.39 is 0 Å². The molecule has 0 saturated carbocycles. The zero-order valence-electron chi connectivity index (χ0n) is 24.3. The van der Waals surface area contributed by atoms with Crippen molar-refractivity contribution in [2.24, 2.45) is 7.05 Å². The minimum absolute atomic E-state index is 1.14. The lowest BCUT2D eigenvalue weighted by molar-refractivity contribution is 0.973. The average Bonchev–Trinajstić information content (AvgIpc) is 3.56. The van der Waals surface area contributed by atoms with Crippen molar-refractivity contribution >= 4 is 21.9 Å². The van der Waals surface area contributed by atoms with Gasteiger partial charge in [0.05, 0.1) is 16.6 Å². The predicted octanol–water partition coefficient (Wildman–Crippen LogP) is 10.3. The fourth-order valence-electron chi connectivity index (χ4n) is 5.99. The molecule has 7 rings (SSSR count). The van der Waals surface area contributed by atoms with E-state index in [9.17, 15) is 0 Å². The summed E-state index contributed by atoms with van der Waals surface area (Å²) in [5, 5.41) is 1.30. The summed E-state index contributed by atoms with van der Waals surface area (Å²) < 4.78 is 4.63. The second-order valence-corrected chi connectivity index (χ2v) is 10.7. The normalized spacial score (nSPS) is 11.0. The van der Waals surface area contributed by atoms with Crippen molar-refractivity contribution in [2.75, 3.05) is 0 Å². The smallest absolute Gasteiger partial charge is 0.0750 e. The zero-order chi connectivity index (χ0) is 28.3. The highest BCUT2D eigenvalue weighted by atomic mass is 15.0. The van der Waals surface area contributed by atoms with Crippen molar-refractivity contribution in [1.82, 2.24) is 9.13 Å². The van der Waals surface area contributed by atoms with E-state index in [4.69, 9.17) is 0 Å². The third-order valence-corrected chi connectivity index (χ3v) is 8.14. The summed E-state index contributed by atoms with van der Waals surface area (Å²) in [6.07, 6.45) is 3.30. The van der Waals surface area contributed by atoms with Crippen LogP contribution in [0.1, 0.15) is 23.6 Å². The number of aromatic nitrogens is 2. The fourth-order valence-corrected chi connectivity index (χ4v) is 5.99. The Morgan fingerprint density at radius 3 is 1.80 bits per heavy atom. The van der Waals surface area contributed by atoms with Gasteiger partial charge in [0.25, 0.3) is 0 Å². The summed E-state index contributed by atoms with van der Waals surface area (Å²) in [6.45, 7) is 6.61. The molecule has 0 amide bonds. The van der Waals surface area contributed by atoms with Gasteiger partial charge in [-0.05, 0) is 83.5 Å². The van der Waals surface area contributed by atoms with Crippen molar-refractivity contribution in [1.29, 1.82) is 0 Å². The van der Waals surface area contributed by atoms with Gasteiger partial charge in [0, 0.05) is 24.3 Å². The summed E-state index contributed by atoms with van der Waals surface area (Å²) in [4.78, 5) is 0. The first-order valence-corrected chi connectivity index (χ1v) is 14.4. The van der Waals surface area contributed by atoms with E-state index in [2.05, 4.69) is 164 Å². The van der Waals surface area contributed by atoms with Gasteiger partial charge in [0.2, 0.25) is 0 Å². The van der Waals surface area contributed by atoms with Crippen LogP contribution < -0.4 is 0 Å². The van der Waals surface area contributed by atoms with Gasteiger partial charge in [-0.3, -0.25) is 0 Å². The Bertz CT molecular complexity index is 1940. The van der Waals surface area contributed by atoms with Gasteiger partial charge in [0.15, 0.2) is 0 Å². The summed E-state index contributed by atoms with van der Waals surface area (Å²) in [6, 6.07) is 45.4. The zero-order valence-corrected chi connectivity index (χ0v) is 24.3. The second kappa shape index (κ2) is 11.3. The molecule has 0 aliphatic rings. The summed E-state index contributed by atoms with van der Waals surface area (Å²) >= 11 is 0. The minimum atomic E-state index is 1.14. The molecule has 0 aliphatic heterocycles. The van der Waals surface area contributed by atoms with Crippen LogP contribution in [0.3, 0.4) is 0 Å². The minimum Gasteiger partial charge on any atom is -0.349 e. The molecule has 0 radical (unpaired) electrons. The van der Waals surface area contributed by atoms with Crippen LogP contribution in [-0.4, -0.2) is 9.13 Å². The molecule has 0 saturated heterocycles. The van der Waals surface area contributed by atoms with Crippen LogP contribution in [0, 0.1) is 13.8 Å². The quantitative estimate of drug-likeness (QED) is 0.213.